The molecule has 0 aliphatic rings. The van der Waals surface area contributed by atoms with Gasteiger partial charge in [-0.1, -0.05) is 36.4 Å². The van der Waals surface area contributed by atoms with Gasteiger partial charge in [0.1, 0.15) is 0 Å². The van der Waals surface area contributed by atoms with Crippen LogP contribution in [0.15, 0.2) is 73.1 Å². The summed E-state index contributed by atoms with van der Waals surface area (Å²) in [6.45, 7) is 0.108. The van der Waals surface area contributed by atoms with E-state index >= 15 is 0 Å². The largest absolute Gasteiger partial charge is 0.392 e. The lowest BCUT2D eigenvalue weighted by Gasteiger charge is -2.07. The third kappa shape index (κ3) is 3.41. The van der Waals surface area contributed by atoms with Gasteiger partial charge in [0.15, 0.2) is 0 Å². The molecule has 2 heteroatoms. The van der Waals surface area contributed by atoms with Crippen molar-refractivity contribution in [2.45, 2.75) is 19.4 Å². The number of aliphatic hydroxyl groups is 1. The average molecular weight is 277 g/mol. The maximum Gasteiger partial charge on any atom is 0.0681 e. The first kappa shape index (κ1) is 13.7. The molecule has 0 aliphatic carbocycles. The first-order valence-corrected chi connectivity index (χ1v) is 7.26. The number of aromatic nitrogens is 1. The van der Waals surface area contributed by atoms with Crippen molar-refractivity contribution in [3.63, 3.8) is 0 Å². The minimum atomic E-state index is 0.108. The van der Waals surface area contributed by atoms with Gasteiger partial charge in [-0.2, -0.15) is 0 Å². The molecule has 0 unspecified atom stereocenters. The standard InChI is InChI=1S/C19H19NO/c21-15-18-7-3-5-16(13-18)9-10-17-6-4-8-19(14-17)20-11-1-2-12-20/h1-8,11-14,21H,9-10,15H2. The van der Waals surface area contributed by atoms with Crippen LogP contribution in [0.1, 0.15) is 16.7 Å². The van der Waals surface area contributed by atoms with Gasteiger partial charge in [-0.15, -0.1) is 0 Å². The summed E-state index contributed by atoms with van der Waals surface area (Å²) in [4.78, 5) is 0. The summed E-state index contributed by atoms with van der Waals surface area (Å²) in [7, 11) is 0. The summed E-state index contributed by atoms with van der Waals surface area (Å²) < 4.78 is 2.12. The Kier molecular flexibility index (Phi) is 4.17. The van der Waals surface area contributed by atoms with E-state index in [0.29, 0.717) is 0 Å². The molecule has 1 aromatic heterocycles. The van der Waals surface area contributed by atoms with Crippen molar-refractivity contribution in [3.8, 4) is 5.69 Å². The molecule has 0 atom stereocenters. The fourth-order valence-corrected chi connectivity index (χ4v) is 2.55. The summed E-state index contributed by atoms with van der Waals surface area (Å²) in [6, 6.07) is 20.9. The predicted molar refractivity (Wildman–Crippen MR) is 85.5 cm³/mol. The highest BCUT2D eigenvalue weighted by Gasteiger charge is 2.00. The van der Waals surface area contributed by atoms with Crippen LogP contribution >= 0.6 is 0 Å². The van der Waals surface area contributed by atoms with Crippen LogP contribution in [0, 0.1) is 0 Å². The Hall–Kier alpha value is -2.32. The normalized spacial score (nSPS) is 10.7. The van der Waals surface area contributed by atoms with Gasteiger partial charge in [0.05, 0.1) is 6.61 Å². The lowest BCUT2D eigenvalue weighted by molar-refractivity contribution is 0.281. The van der Waals surface area contributed by atoms with E-state index < -0.39 is 0 Å². The number of rotatable bonds is 5. The zero-order valence-electron chi connectivity index (χ0n) is 11.9. The molecule has 0 bridgehead atoms. The number of aryl methyl sites for hydroxylation is 2. The van der Waals surface area contributed by atoms with Crippen LogP contribution in [-0.2, 0) is 19.4 Å². The van der Waals surface area contributed by atoms with Crippen molar-refractivity contribution >= 4 is 0 Å². The molecule has 0 saturated heterocycles. The van der Waals surface area contributed by atoms with Crippen LogP contribution in [0.2, 0.25) is 0 Å². The Labute approximate surface area is 125 Å². The number of benzene rings is 2. The highest BCUT2D eigenvalue weighted by molar-refractivity contribution is 5.37. The molecule has 21 heavy (non-hydrogen) atoms. The van der Waals surface area contributed by atoms with Crippen molar-refractivity contribution in [2.24, 2.45) is 0 Å². The van der Waals surface area contributed by atoms with Crippen LogP contribution in [0.25, 0.3) is 5.69 Å². The van der Waals surface area contributed by atoms with Gasteiger partial charge in [-0.25, -0.2) is 0 Å². The van der Waals surface area contributed by atoms with Gasteiger partial charge in [0.25, 0.3) is 0 Å². The smallest absolute Gasteiger partial charge is 0.0681 e. The molecule has 3 aromatic rings. The Morgan fingerprint density at radius 3 is 2.05 bits per heavy atom. The van der Waals surface area contributed by atoms with Crippen LogP contribution in [0.4, 0.5) is 0 Å². The van der Waals surface area contributed by atoms with Crippen molar-refractivity contribution in [3.05, 3.63) is 89.7 Å². The highest BCUT2D eigenvalue weighted by Crippen LogP contribution is 2.14. The molecule has 2 aromatic carbocycles. The monoisotopic (exact) mass is 277 g/mol. The van der Waals surface area contributed by atoms with Crippen molar-refractivity contribution < 1.29 is 5.11 Å². The molecular weight excluding hydrogens is 258 g/mol. The molecule has 2 nitrogen and oxygen atoms in total. The zero-order valence-corrected chi connectivity index (χ0v) is 11.9. The second-order valence-corrected chi connectivity index (χ2v) is 5.24. The van der Waals surface area contributed by atoms with E-state index in [0.717, 1.165) is 18.4 Å². The van der Waals surface area contributed by atoms with Gasteiger partial charge >= 0.3 is 0 Å². The Morgan fingerprint density at radius 1 is 0.714 bits per heavy atom. The molecule has 3 rings (SSSR count). The highest BCUT2D eigenvalue weighted by atomic mass is 16.3. The fraction of sp³-hybridized carbons (Fsp3) is 0.158. The zero-order chi connectivity index (χ0) is 14.5. The topological polar surface area (TPSA) is 25.2 Å². The van der Waals surface area contributed by atoms with Gasteiger partial charge in [-0.05, 0) is 53.8 Å². The average Bonchev–Trinajstić information content (AvgIpc) is 3.08. The molecular formula is C19H19NO. The number of nitrogens with zero attached hydrogens (tertiary/aromatic N) is 1. The van der Waals surface area contributed by atoms with E-state index in [-0.39, 0.29) is 6.61 Å². The number of hydrogen-bond acceptors (Lipinski definition) is 1. The molecule has 0 spiro atoms. The first-order chi connectivity index (χ1) is 10.3. The van der Waals surface area contributed by atoms with Crippen molar-refractivity contribution in [2.75, 3.05) is 0 Å². The Balaban J connectivity index is 1.72. The quantitative estimate of drug-likeness (QED) is 0.755. The third-order valence-electron chi connectivity index (χ3n) is 3.69. The molecule has 106 valence electrons. The van der Waals surface area contributed by atoms with Gasteiger partial charge in [0, 0.05) is 18.1 Å². The first-order valence-electron chi connectivity index (χ1n) is 7.26. The molecule has 0 saturated carbocycles. The molecule has 0 radical (unpaired) electrons. The summed E-state index contributed by atoms with van der Waals surface area (Å²) in [5, 5.41) is 9.19. The Morgan fingerprint density at radius 2 is 1.33 bits per heavy atom. The summed E-state index contributed by atoms with van der Waals surface area (Å²) in [6.07, 6.45) is 6.11. The molecule has 0 aliphatic heterocycles. The molecule has 0 fully saturated rings. The maximum absolute atomic E-state index is 9.19. The third-order valence-corrected chi connectivity index (χ3v) is 3.69. The second kappa shape index (κ2) is 6.42. The SMILES string of the molecule is OCc1cccc(CCc2cccc(-n3cccc3)c2)c1. The van der Waals surface area contributed by atoms with Crippen LogP contribution in [-0.4, -0.2) is 9.67 Å². The van der Waals surface area contributed by atoms with E-state index in [4.69, 9.17) is 0 Å². The molecule has 1 heterocycles. The number of hydrogen-bond donors (Lipinski definition) is 1. The summed E-state index contributed by atoms with van der Waals surface area (Å²) in [5.41, 5.74) is 4.78. The summed E-state index contributed by atoms with van der Waals surface area (Å²) in [5.74, 6) is 0. The lowest BCUT2D eigenvalue weighted by Crippen LogP contribution is -1.95. The second-order valence-electron chi connectivity index (χ2n) is 5.24. The van der Waals surface area contributed by atoms with E-state index in [1.54, 1.807) is 0 Å². The van der Waals surface area contributed by atoms with E-state index in [9.17, 15) is 5.11 Å². The van der Waals surface area contributed by atoms with Gasteiger partial charge in [0.2, 0.25) is 0 Å². The summed E-state index contributed by atoms with van der Waals surface area (Å²) >= 11 is 0. The van der Waals surface area contributed by atoms with Crippen molar-refractivity contribution in [1.29, 1.82) is 0 Å². The minimum absolute atomic E-state index is 0.108. The fourth-order valence-electron chi connectivity index (χ4n) is 2.55. The van der Waals surface area contributed by atoms with E-state index in [1.165, 1.54) is 16.8 Å². The van der Waals surface area contributed by atoms with Crippen molar-refractivity contribution in [1.82, 2.24) is 4.57 Å². The van der Waals surface area contributed by atoms with Crippen LogP contribution in [0.3, 0.4) is 0 Å². The Bertz CT molecular complexity index is 701. The van der Waals surface area contributed by atoms with Gasteiger partial charge in [-0.3, -0.25) is 0 Å². The maximum atomic E-state index is 9.19. The van der Waals surface area contributed by atoms with Crippen LogP contribution in [0.5, 0.6) is 0 Å². The van der Waals surface area contributed by atoms with E-state index in [2.05, 4.69) is 53.4 Å². The van der Waals surface area contributed by atoms with Gasteiger partial charge < -0.3 is 9.67 Å². The predicted octanol–water partition coefficient (Wildman–Crippen LogP) is 3.75. The van der Waals surface area contributed by atoms with Crippen LogP contribution < -0.4 is 0 Å². The lowest BCUT2D eigenvalue weighted by atomic mass is 10.0. The molecule has 1 N–H and O–H groups in total. The minimum Gasteiger partial charge on any atom is -0.392 e. The molecule has 0 amide bonds. The number of aliphatic hydroxyl groups excluding tert-OH is 1. The van der Waals surface area contributed by atoms with E-state index in [1.807, 2.05) is 24.3 Å².